The Kier molecular flexibility index (Phi) is 3.66. The van der Waals surface area contributed by atoms with Gasteiger partial charge in [-0.25, -0.2) is 4.98 Å². The number of nitrogens with one attached hydrogen (secondary N) is 1. The van der Waals surface area contributed by atoms with Crippen molar-refractivity contribution in [2.24, 2.45) is 0 Å². The van der Waals surface area contributed by atoms with Crippen LogP contribution in [-0.2, 0) is 13.0 Å². The van der Waals surface area contributed by atoms with Crippen molar-refractivity contribution < 1.29 is 9.52 Å². The summed E-state index contributed by atoms with van der Waals surface area (Å²) < 4.78 is 5.39. The van der Waals surface area contributed by atoms with E-state index in [1.54, 1.807) is 20.0 Å². The Morgan fingerprint density at radius 3 is 2.79 bits per heavy atom. The zero-order valence-electron chi connectivity index (χ0n) is 9.00. The molecule has 0 aliphatic carbocycles. The molecule has 2 N–H and O–H groups in total. The number of aliphatic hydroxyl groups is 1. The summed E-state index contributed by atoms with van der Waals surface area (Å²) in [4.78, 5) is 4.10. The lowest BCUT2D eigenvalue weighted by atomic mass is 10.1. The number of aromatic nitrogens is 1. The van der Waals surface area contributed by atoms with Crippen LogP contribution in [0, 0.1) is 0 Å². The first-order valence-corrected chi connectivity index (χ1v) is 4.88. The third-order valence-corrected chi connectivity index (χ3v) is 1.78. The SMILES string of the molecule is CCc1cnc(CNCC(C)(C)O)o1. The van der Waals surface area contributed by atoms with Crippen LogP contribution in [0.15, 0.2) is 10.6 Å². The van der Waals surface area contributed by atoms with Gasteiger partial charge in [0.15, 0.2) is 0 Å². The largest absolute Gasteiger partial charge is 0.444 e. The molecule has 0 amide bonds. The molecule has 4 nitrogen and oxygen atoms in total. The Morgan fingerprint density at radius 1 is 1.57 bits per heavy atom. The van der Waals surface area contributed by atoms with E-state index in [2.05, 4.69) is 10.3 Å². The van der Waals surface area contributed by atoms with Crippen LogP contribution in [0.4, 0.5) is 0 Å². The molecule has 1 aromatic heterocycles. The molecule has 4 heteroatoms. The molecule has 0 fully saturated rings. The Bertz CT molecular complexity index is 276. The third-order valence-electron chi connectivity index (χ3n) is 1.78. The van der Waals surface area contributed by atoms with E-state index in [0.717, 1.165) is 12.2 Å². The van der Waals surface area contributed by atoms with Crippen LogP contribution in [0.2, 0.25) is 0 Å². The normalized spacial score (nSPS) is 12.0. The molecular weight excluding hydrogens is 180 g/mol. The van der Waals surface area contributed by atoms with E-state index in [1.165, 1.54) is 0 Å². The molecule has 0 unspecified atom stereocenters. The molecule has 0 aliphatic rings. The van der Waals surface area contributed by atoms with Gasteiger partial charge in [-0.1, -0.05) is 6.92 Å². The van der Waals surface area contributed by atoms with Gasteiger partial charge in [-0.2, -0.15) is 0 Å². The van der Waals surface area contributed by atoms with Crippen molar-refractivity contribution in [3.8, 4) is 0 Å². The van der Waals surface area contributed by atoms with Gasteiger partial charge in [0, 0.05) is 13.0 Å². The van der Waals surface area contributed by atoms with E-state index in [4.69, 9.17) is 4.42 Å². The van der Waals surface area contributed by atoms with Gasteiger partial charge < -0.3 is 14.8 Å². The van der Waals surface area contributed by atoms with Gasteiger partial charge in [-0.15, -0.1) is 0 Å². The van der Waals surface area contributed by atoms with E-state index in [9.17, 15) is 5.11 Å². The number of aryl methyl sites for hydroxylation is 1. The first-order chi connectivity index (χ1) is 6.51. The van der Waals surface area contributed by atoms with Crippen molar-refractivity contribution in [3.63, 3.8) is 0 Å². The summed E-state index contributed by atoms with van der Waals surface area (Å²) in [5.41, 5.74) is -0.694. The molecule has 1 aromatic rings. The van der Waals surface area contributed by atoms with Crippen molar-refractivity contribution in [1.29, 1.82) is 0 Å². The maximum atomic E-state index is 9.43. The van der Waals surface area contributed by atoms with Crippen LogP contribution in [0.5, 0.6) is 0 Å². The standard InChI is InChI=1S/C10H18N2O2/c1-4-8-5-12-9(14-8)6-11-7-10(2,3)13/h5,11,13H,4,6-7H2,1-3H3. The summed E-state index contributed by atoms with van der Waals surface area (Å²) in [6, 6.07) is 0. The number of hydrogen-bond acceptors (Lipinski definition) is 4. The number of oxazole rings is 1. The maximum Gasteiger partial charge on any atom is 0.208 e. The lowest BCUT2D eigenvalue weighted by Gasteiger charge is -2.16. The lowest BCUT2D eigenvalue weighted by Crippen LogP contribution is -2.34. The fourth-order valence-electron chi connectivity index (χ4n) is 1.07. The molecule has 80 valence electrons. The highest BCUT2D eigenvalue weighted by molar-refractivity contribution is 4.93. The first-order valence-electron chi connectivity index (χ1n) is 4.88. The van der Waals surface area contributed by atoms with Gasteiger partial charge in [0.1, 0.15) is 5.76 Å². The van der Waals surface area contributed by atoms with Crippen LogP contribution in [-0.4, -0.2) is 22.2 Å². The minimum atomic E-state index is -0.694. The lowest BCUT2D eigenvalue weighted by molar-refractivity contribution is 0.0788. The topological polar surface area (TPSA) is 58.3 Å². The van der Waals surface area contributed by atoms with Crippen molar-refractivity contribution in [1.82, 2.24) is 10.3 Å². The summed E-state index contributed by atoms with van der Waals surface area (Å²) in [6.45, 7) is 6.62. The molecule has 0 bridgehead atoms. The van der Waals surface area contributed by atoms with E-state index in [0.29, 0.717) is 19.0 Å². The highest BCUT2D eigenvalue weighted by Gasteiger charge is 2.11. The van der Waals surface area contributed by atoms with Gasteiger partial charge in [-0.05, 0) is 13.8 Å². The molecular formula is C10H18N2O2. The van der Waals surface area contributed by atoms with Crippen LogP contribution < -0.4 is 5.32 Å². The summed E-state index contributed by atoms with van der Waals surface area (Å²) >= 11 is 0. The Morgan fingerprint density at radius 2 is 2.29 bits per heavy atom. The predicted molar refractivity (Wildman–Crippen MR) is 53.9 cm³/mol. The highest BCUT2D eigenvalue weighted by Crippen LogP contribution is 2.04. The zero-order chi connectivity index (χ0) is 10.6. The minimum Gasteiger partial charge on any atom is -0.444 e. The fourth-order valence-corrected chi connectivity index (χ4v) is 1.07. The molecule has 0 saturated heterocycles. The summed E-state index contributed by atoms with van der Waals surface area (Å²) in [6.07, 6.45) is 2.60. The van der Waals surface area contributed by atoms with Gasteiger partial charge in [0.05, 0.1) is 18.3 Å². The third kappa shape index (κ3) is 3.89. The second-order valence-electron chi connectivity index (χ2n) is 3.99. The van der Waals surface area contributed by atoms with Gasteiger partial charge in [0.25, 0.3) is 0 Å². The summed E-state index contributed by atoms with van der Waals surface area (Å²) in [5.74, 6) is 1.57. The van der Waals surface area contributed by atoms with Gasteiger partial charge in [-0.3, -0.25) is 0 Å². The first kappa shape index (κ1) is 11.2. The molecule has 0 radical (unpaired) electrons. The van der Waals surface area contributed by atoms with Crippen molar-refractivity contribution in [3.05, 3.63) is 17.8 Å². The van der Waals surface area contributed by atoms with E-state index in [1.807, 2.05) is 6.92 Å². The fraction of sp³-hybridized carbons (Fsp3) is 0.700. The molecule has 0 atom stereocenters. The van der Waals surface area contributed by atoms with Crippen molar-refractivity contribution in [2.45, 2.75) is 39.3 Å². The van der Waals surface area contributed by atoms with E-state index < -0.39 is 5.60 Å². The van der Waals surface area contributed by atoms with Crippen LogP contribution in [0.1, 0.15) is 32.4 Å². The Labute approximate surface area is 84.3 Å². The van der Waals surface area contributed by atoms with Crippen LogP contribution in [0.25, 0.3) is 0 Å². The number of hydrogen-bond donors (Lipinski definition) is 2. The summed E-state index contributed by atoms with van der Waals surface area (Å²) in [5, 5.41) is 12.5. The second kappa shape index (κ2) is 4.57. The molecule has 1 heterocycles. The van der Waals surface area contributed by atoms with E-state index >= 15 is 0 Å². The van der Waals surface area contributed by atoms with Gasteiger partial charge >= 0.3 is 0 Å². The number of rotatable bonds is 5. The molecule has 0 spiro atoms. The Balaban J connectivity index is 2.31. The summed E-state index contributed by atoms with van der Waals surface area (Å²) in [7, 11) is 0. The molecule has 1 rings (SSSR count). The second-order valence-corrected chi connectivity index (χ2v) is 3.99. The molecule has 0 aliphatic heterocycles. The molecule has 14 heavy (non-hydrogen) atoms. The monoisotopic (exact) mass is 198 g/mol. The minimum absolute atomic E-state index is 0.525. The quantitative estimate of drug-likeness (QED) is 0.743. The zero-order valence-corrected chi connectivity index (χ0v) is 9.00. The van der Waals surface area contributed by atoms with E-state index in [-0.39, 0.29) is 0 Å². The molecule has 0 aromatic carbocycles. The predicted octanol–water partition coefficient (Wildman–Crippen LogP) is 1.10. The average Bonchev–Trinajstić information content (AvgIpc) is 2.50. The molecule has 0 saturated carbocycles. The average molecular weight is 198 g/mol. The number of nitrogens with zero attached hydrogens (tertiary/aromatic N) is 1. The maximum absolute atomic E-state index is 9.43. The van der Waals surface area contributed by atoms with Crippen molar-refractivity contribution in [2.75, 3.05) is 6.54 Å². The van der Waals surface area contributed by atoms with Crippen LogP contribution >= 0.6 is 0 Å². The Hall–Kier alpha value is -0.870. The van der Waals surface area contributed by atoms with Crippen LogP contribution in [0.3, 0.4) is 0 Å². The smallest absolute Gasteiger partial charge is 0.208 e. The highest BCUT2D eigenvalue weighted by atomic mass is 16.4. The van der Waals surface area contributed by atoms with Crippen molar-refractivity contribution >= 4 is 0 Å². The van der Waals surface area contributed by atoms with Gasteiger partial charge in [0.2, 0.25) is 5.89 Å².